The number of phenols is 1. The van der Waals surface area contributed by atoms with Gasteiger partial charge in [0.05, 0.1) is 11.7 Å². The molecule has 0 bridgehead atoms. The zero-order valence-electron chi connectivity index (χ0n) is 8.10. The van der Waals surface area contributed by atoms with Gasteiger partial charge in [0.1, 0.15) is 11.3 Å². The molecule has 70 valence electrons. The molecule has 1 N–H and O–H groups in total. The number of fused-ring (bicyclic) bond motifs is 1. The second-order valence-corrected chi connectivity index (χ2v) is 2.83. The number of hydrogen-bond acceptors (Lipinski definition) is 4. The van der Waals surface area contributed by atoms with Crippen molar-refractivity contribution in [1.29, 1.82) is 0 Å². The van der Waals surface area contributed by atoms with Crippen LogP contribution in [-0.2, 0) is 0 Å². The molecule has 0 saturated heterocycles. The summed E-state index contributed by atoms with van der Waals surface area (Å²) < 4.78 is 0. The number of carboxylic acid groups (broad SMARTS) is 1. The number of pyridine rings is 1. The molecule has 0 fully saturated rings. The van der Waals surface area contributed by atoms with Gasteiger partial charge in [0.15, 0.2) is 0 Å². The molecule has 0 aliphatic rings. The molecule has 0 aliphatic heterocycles. The minimum absolute atomic E-state index is 0. The fourth-order valence-electron chi connectivity index (χ4n) is 1.25. The maximum atomic E-state index is 10.5. The van der Waals surface area contributed by atoms with E-state index in [1.807, 2.05) is 0 Å². The van der Waals surface area contributed by atoms with Gasteiger partial charge in [-0.25, -0.2) is 4.98 Å². The molecule has 5 heteroatoms. The molecule has 4 nitrogen and oxygen atoms in total. The van der Waals surface area contributed by atoms with E-state index in [-0.39, 0.29) is 68.3 Å². The van der Waals surface area contributed by atoms with Gasteiger partial charge in [0.25, 0.3) is 0 Å². The van der Waals surface area contributed by atoms with E-state index in [1.54, 1.807) is 18.2 Å². The van der Waals surface area contributed by atoms with Crippen molar-refractivity contribution in [3.05, 3.63) is 36.0 Å². The van der Waals surface area contributed by atoms with Crippen molar-refractivity contribution in [2.24, 2.45) is 0 Å². The first-order valence-electron chi connectivity index (χ1n) is 3.98. The summed E-state index contributed by atoms with van der Waals surface area (Å²) in [6, 6.07) is 7.78. The number of hydrogen-bond donors (Lipinski definition) is 1. The van der Waals surface area contributed by atoms with Crippen molar-refractivity contribution in [1.82, 2.24) is 4.98 Å². The van der Waals surface area contributed by atoms with E-state index in [0.717, 1.165) is 0 Å². The standard InChI is InChI=1S/C10H7NO3.K/c12-8-3-1-2-6-4-5-7(10(13)14)11-9(6)8;/h1-5,12H,(H,13,14);/q;+1/p-1. The van der Waals surface area contributed by atoms with E-state index in [4.69, 9.17) is 0 Å². The van der Waals surface area contributed by atoms with Gasteiger partial charge in [0.2, 0.25) is 0 Å². The summed E-state index contributed by atoms with van der Waals surface area (Å²) in [6.45, 7) is 0. The second-order valence-electron chi connectivity index (χ2n) is 2.83. The number of carbonyl (C=O) groups excluding carboxylic acids is 1. The number of nitrogens with zero attached hydrogens (tertiary/aromatic N) is 1. The van der Waals surface area contributed by atoms with E-state index in [2.05, 4.69) is 4.98 Å². The Hall–Kier alpha value is -0.464. The molecular formula is C10H6KNO3. The average molecular weight is 227 g/mol. The Morgan fingerprint density at radius 3 is 2.67 bits per heavy atom. The molecule has 0 amide bonds. The molecule has 0 aliphatic carbocycles. The van der Waals surface area contributed by atoms with Crippen LogP contribution in [0.1, 0.15) is 10.5 Å². The van der Waals surface area contributed by atoms with Crippen LogP contribution in [0.2, 0.25) is 0 Å². The summed E-state index contributed by atoms with van der Waals surface area (Å²) in [5, 5.41) is 20.6. The van der Waals surface area contributed by atoms with Crippen molar-refractivity contribution < 1.29 is 66.4 Å². The third kappa shape index (κ3) is 2.56. The normalized spacial score (nSPS) is 9.60. The topological polar surface area (TPSA) is 73.2 Å². The third-order valence-corrected chi connectivity index (χ3v) is 1.91. The van der Waals surface area contributed by atoms with Crippen molar-refractivity contribution >= 4 is 16.9 Å². The number of phenolic OH excluding ortho intramolecular Hbond substituents is 1. The summed E-state index contributed by atoms with van der Waals surface area (Å²) in [5.74, 6) is -1.39. The SMILES string of the molecule is O=C([O-])c1ccc2cccc(O)c2n1.[K+]. The Morgan fingerprint density at radius 2 is 2.00 bits per heavy atom. The number of aromatic nitrogens is 1. The summed E-state index contributed by atoms with van der Waals surface area (Å²) >= 11 is 0. The molecule has 0 radical (unpaired) electrons. The van der Waals surface area contributed by atoms with Gasteiger partial charge in [0, 0.05) is 5.39 Å². The number of para-hydroxylation sites is 1. The van der Waals surface area contributed by atoms with Crippen LogP contribution in [0.4, 0.5) is 0 Å². The Balaban J connectivity index is 0.00000112. The van der Waals surface area contributed by atoms with Gasteiger partial charge >= 0.3 is 51.4 Å². The molecule has 1 heterocycles. The summed E-state index contributed by atoms with van der Waals surface area (Å²) in [6.07, 6.45) is 0. The quantitative estimate of drug-likeness (QED) is 0.538. The summed E-state index contributed by atoms with van der Waals surface area (Å²) in [5.41, 5.74) is 0.0909. The average Bonchev–Trinajstić information content (AvgIpc) is 2.18. The van der Waals surface area contributed by atoms with Gasteiger partial charge < -0.3 is 15.0 Å². The maximum Gasteiger partial charge on any atom is 1.00 e. The number of carbonyl (C=O) groups is 1. The number of benzene rings is 1. The van der Waals surface area contributed by atoms with E-state index in [0.29, 0.717) is 5.39 Å². The van der Waals surface area contributed by atoms with Crippen LogP contribution in [0.15, 0.2) is 30.3 Å². The number of aromatic hydroxyl groups is 1. The Kier molecular flexibility index (Phi) is 4.24. The summed E-state index contributed by atoms with van der Waals surface area (Å²) in [7, 11) is 0. The van der Waals surface area contributed by atoms with E-state index in [9.17, 15) is 15.0 Å². The van der Waals surface area contributed by atoms with Crippen LogP contribution in [0.5, 0.6) is 5.75 Å². The maximum absolute atomic E-state index is 10.5. The third-order valence-electron chi connectivity index (χ3n) is 1.91. The van der Waals surface area contributed by atoms with Crippen molar-refractivity contribution in [2.75, 3.05) is 0 Å². The van der Waals surface area contributed by atoms with E-state index in [1.165, 1.54) is 12.1 Å². The molecule has 0 spiro atoms. The second kappa shape index (κ2) is 5.04. The minimum atomic E-state index is -1.35. The predicted octanol–water partition coefficient (Wildman–Crippen LogP) is -2.69. The van der Waals surface area contributed by atoms with Crippen molar-refractivity contribution in [3.8, 4) is 5.75 Å². The monoisotopic (exact) mass is 227 g/mol. The smallest absolute Gasteiger partial charge is 0.543 e. The van der Waals surface area contributed by atoms with Gasteiger partial charge in [-0.05, 0) is 12.1 Å². The molecule has 0 unspecified atom stereocenters. The Morgan fingerprint density at radius 1 is 1.27 bits per heavy atom. The van der Waals surface area contributed by atoms with Gasteiger partial charge in [-0.2, -0.15) is 0 Å². The number of aromatic carboxylic acids is 1. The summed E-state index contributed by atoms with van der Waals surface area (Å²) in [4.78, 5) is 14.3. The molecule has 15 heavy (non-hydrogen) atoms. The van der Waals surface area contributed by atoms with Crippen molar-refractivity contribution in [2.45, 2.75) is 0 Å². The molecule has 0 atom stereocenters. The van der Waals surface area contributed by atoms with E-state index < -0.39 is 5.97 Å². The Bertz CT molecular complexity index is 513. The van der Waals surface area contributed by atoms with Crippen molar-refractivity contribution in [3.63, 3.8) is 0 Å². The molecule has 0 saturated carbocycles. The van der Waals surface area contributed by atoms with Crippen LogP contribution in [-0.4, -0.2) is 16.1 Å². The first-order chi connectivity index (χ1) is 6.68. The van der Waals surface area contributed by atoms with Gasteiger partial charge in [-0.15, -0.1) is 0 Å². The largest absolute Gasteiger partial charge is 1.00 e. The number of rotatable bonds is 1. The Labute approximate surface area is 128 Å². The molecule has 2 aromatic rings. The van der Waals surface area contributed by atoms with Crippen LogP contribution >= 0.6 is 0 Å². The van der Waals surface area contributed by atoms with Crippen LogP contribution < -0.4 is 56.5 Å². The first-order valence-corrected chi connectivity index (χ1v) is 3.98. The molecular weight excluding hydrogens is 221 g/mol. The zero-order valence-corrected chi connectivity index (χ0v) is 11.2. The zero-order chi connectivity index (χ0) is 10.1. The van der Waals surface area contributed by atoms with Crippen LogP contribution in [0, 0.1) is 0 Å². The fourth-order valence-corrected chi connectivity index (χ4v) is 1.25. The predicted molar refractivity (Wildman–Crippen MR) is 47.7 cm³/mol. The van der Waals surface area contributed by atoms with Crippen LogP contribution in [0.25, 0.3) is 10.9 Å². The molecule has 2 rings (SSSR count). The fraction of sp³-hybridized carbons (Fsp3) is 0. The molecule has 1 aromatic heterocycles. The minimum Gasteiger partial charge on any atom is -0.543 e. The van der Waals surface area contributed by atoms with Gasteiger partial charge in [-0.1, -0.05) is 18.2 Å². The first kappa shape index (κ1) is 12.6. The van der Waals surface area contributed by atoms with Gasteiger partial charge in [-0.3, -0.25) is 0 Å². The van der Waals surface area contributed by atoms with Crippen LogP contribution in [0.3, 0.4) is 0 Å². The molecule has 1 aromatic carbocycles. The number of carboxylic acids is 1. The van der Waals surface area contributed by atoms with E-state index >= 15 is 0 Å².